The van der Waals surface area contributed by atoms with Gasteiger partial charge in [-0.1, -0.05) is 6.07 Å². The number of hydrogen-bond acceptors (Lipinski definition) is 6. The van der Waals surface area contributed by atoms with Crippen molar-refractivity contribution in [3.05, 3.63) is 36.2 Å². The van der Waals surface area contributed by atoms with E-state index in [1.165, 1.54) is 10.5 Å². The van der Waals surface area contributed by atoms with Crippen molar-refractivity contribution in [2.45, 2.75) is 43.2 Å². The van der Waals surface area contributed by atoms with Crippen molar-refractivity contribution < 1.29 is 21.6 Å². The molecule has 1 aliphatic carbocycles. The van der Waals surface area contributed by atoms with Crippen LogP contribution in [0.1, 0.15) is 31.4 Å². The monoisotopic (exact) mass is 427 g/mol. The summed E-state index contributed by atoms with van der Waals surface area (Å²) >= 11 is 0. The lowest BCUT2D eigenvalue weighted by Crippen LogP contribution is -2.43. The highest BCUT2D eigenvalue weighted by atomic mass is 32.2. The Balaban J connectivity index is 1.51. The lowest BCUT2D eigenvalue weighted by molar-refractivity contribution is -0.141. The van der Waals surface area contributed by atoms with E-state index in [9.17, 15) is 21.6 Å². The van der Waals surface area contributed by atoms with E-state index in [-0.39, 0.29) is 28.6 Å². The summed E-state index contributed by atoms with van der Waals surface area (Å²) in [5.41, 5.74) is -0.809. The highest BCUT2D eigenvalue weighted by Crippen LogP contribution is 2.33. The van der Waals surface area contributed by atoms with E-state index in [4.69, 9.17) is 0 Å². The Morgan fingerprint density at radius 1 is 1.07 bits per heavy atom. The summed E-state index contributed by atoms with van der Waals surface area (Å²) < 4.78 is 66.0. The van der Waals surface area contributed by atoms with E-state index in [1.54, 1.807) is 18.2 Å². The molecule has 0 spiro atoms. The maximum absolute atomic E-state index is 13.3. The third-order valence-electron chi connectivity index (χ3n) is 5.02. The number of hydrogen-bond donors (Lipinski definition) is 1. The molecule has 4 rings (SSSR count). The van der Waals surface area contributed by atoms with Crippen LogP contribution in [0, 0.1) is 0 Å². The summed E-state index contributed by atoms with van der Waals surface area (Å²) in [5, 5.41) is 2.76. The van der Waals surface area contributed by atoms with Crippen molar-refractivity contribution in [1.29, 1.82) is 0 Å². The molecular formula is C18H20F3N5O2S. The standard InChI is InChI=1S/C18H20F3N5O2S/c19-18(20,21)15-11-16(25-17(24-15)14-3-1-2-8-22-14)23-12-6-9-26(10-7-12)29(27,28)13-4-5-13/h1-3,8,11-13H,4-7,9-10H2,(H,23,24,25). The predicted octanol–water partition coefficient (Wildman–Crippen LogP) is 2.93. The second kappa shape index (κ2) is 7.52. The SMILES string of the molecule is O=S(=O)(C1CC1)N1CCC(Nc2cc(C(F)(F)F)nc(-c3ccccn3)n2)CC1. The van der Waals surface area contributed by atoms with Gasteiger partial charge >= 0.3 is 6.18 Å². The first-order chi connectivity index (χ1) is 13.7. The molecule has 2 aliphatic rings. The van der Waals surface area contributed by atoms with Crippen LogP contribution < -0.4 is 5.32 Å². The van der Waals surface area contributed by atoms with Gasteiger partial charge in [0.05, 0.1) is 5.25 Å². The number of alkyl halides is 3. The quantitative estimate of drug-likeness (QED) is 0.790. The molecule has 11 heteroatoms. The third kappa shape index (κ3) is 4.50. The molecule has 7 nitrogen and oxygen atoms in total. The molecule has 0 radical (unpaired) electrons. The molecule has 156 valence electrons. The second-order valence-corrected chi connectivity index (χ2v) is 9.45. The molecular weight excluding hydrogens is 407 g/mol. The van der Waals surface area contributed by atoms with E-state index in [2.05, 4.69) is 20.3 Å². The van der Waals surface area contributed by atoms with Crippen molar-refractivity contribution in [2.75, 3.05) is 18.4 Å². The van der Waals surface area contributed by atoms with Gasteiger partial charge in [-0.3, -0.25) is 4.98 Å². The summed E-state index contributed by atoms with van der Waals surface area (Å²) in [6.07, 6.45) is -0.755. The van der Waals surface area contributed by atoms with Gasteiger partial charge in [-0.2, -0.15) is 13.2 Å². The van der Waals surface area contributed by atoms with Gasteiger partial charge in [-0.05, 0) is 37.8 Å². The average Bonchev–Trinajstić information content (AvgIpc) is 3.54. The van der Waals surface area contributed by atoms with E-state index < -0.39 is 21.9 Å². The highest BCUT2D eigenvalue weighted by Gasteiger charge is 2.41. The number of nitrogens with zero attached hydrogens (tertiary/aromatic N) is 4. The first-order valence-corrected chi connectivity index (χ1v) is 10.9. The molecule has 0 aromatic carbocycles. The van der Waals surface area contributed by atoms with Crippen molar-refractivity contribution in [1.82, 2.24) is 19.3 Å². The largest absolute Gasteiger partial charge is 0.433 e. The van der Waals surface area contributed by atoms with Crippen LogP contribution in [0.25, 0.3) is 11.5 Å². The Kier molecular flexibility index (Phi) is 5.19. The fourth-order valence-corrected chi connectivity index (χ4v) is 5.19. The number of nitrogens with one attached hydrogen (secondary N) is 1. The summed E-state index contributed by atoms with van der Waals surface area (Å²) in [5.74, 6) is -0.0619. The molecule has 2 aromatic heterocycles. The highest BCUT2D eigenvalue weighted by molar-refractivity contribution is 7.90. The van der Waals surface area contributed by atoms with Crippen molar-refractivity contribution in [3.63, 3.8) is 0 Å². The number of sulfonamides is 1. The Bertz CT molecular complexity index is 973. The number of piperidine rings is 1. The van der Waals surface area contributed by atoms with Crippen LogP contribution in [0.5, 0.6) is 0 Å². The number of rotatable bonds is 5. The van der Waals surface area contributed by atoms with Gasteiger partial charge < -0.3 is 5.32 Å². The minimum Gasteiger partial charge on any atom is -0.367 e. The van der Waals surface area contributed by atoms with Gasteiger partial charge in [0.15, 0.2) is 11.5 Å². The Labute approximate surface area is 166 Å². The molecule has 0 atom stereocenters. The maximum atomic E-state index is 13.3. The topological polar surface area (TPSA) is 88.1 Å². The predicted molar refractivity (Wildman–Crippen MR) is 100 cm³/mol. The van der Waals surface area contributed by atoms with E-state index in [0.717, 1.165) is 6.07 Å². The summed E-state index contributed by atoms with van der Waals surface area (Å²) in [6, 6.07) is 5.54. The molecule has 29 heavy (non-hydrogen) atoms. The fourth-order valence-electron chi connectivity index (χ4n) is 3.32. The van der Waals surface area contributed by atoms with E-state index >= 15 is 0 Å². The summed E-state index contributed by atoms with van der Waals surface area (Å²) in [7, 11) is -3.23. The molecule has 2 fully saturated rings. The zero-order valence-electron chi connectivity index (χ0n) is 15.4. The van der Waals surface area contributed by atoms with Gasteiger partial charge in [-0.15, -0.1) is 0 Å². The minimum atomic E-state index is -4.62. The van der Waals surface area contributed by atoms with Crippen LogP contribution in [0.4, 0.5) is 19.0 Å². The van der Waals surface area contributed by atoms with Crippen molar-refractivity contribution >= 4 is 15.8 Å². The molecule has 1 saturated heterocycles. The molecule has 0 amide bonds. The molecule has 0 bridgehead atoms. The smallest absolute Gasteiger partial charge is 0.367 e. The molecule has 1 saturated carbocycles. The third-order valence-corrected chi connectivity index (χ3v) is 7.42. The number of aromatic nitrogens is 3. The first-order valence-electron chi connectivity index (χ1n) is 9.36. The van der Waals surface area contributed by atoms with Gasteiger partial charge in [0, 0.05) is 31.4 Å². The molecule has 2 aromatic rings. The first kappa shape index (κ1) is 20.0. The molecule has 3 heterocycles. The number of halogens is 3. The number of pyridine rings is 1. The molecule has 1 aliphatic heterocycles. The lowest BCUT2D eigenvalue weighted by atomic mass is 10.1. The van der Waals surface area contributed by atoms with Gasteiger partial charge in [-0.25, -0.2) is 22.7 Å². The van der Waals surface area contributed by atoms with Crippen LogP contribution >= 0.6 is 0 Å². The zero-order chi connectivity index (χ0) is 20.6. The Morgan fingerprint density at radius 3 is 2.38 bits per heavy atom. The maximum Gasteiger partial charge on any atom is 0.433 e. The van der Waals surface area contributed by atoms with Crippen LogP contribution in [0.15, 0.2) is 30.5 Å². The summed E-state index contributed by atoms with van der Waals surface area (Å²) in [4.78, 5) is 11.8. The zero-order valence-corrected chi connectivity index (χ0v) is 16.2. The Morgan fingerprint density at radius 2 is 1.79 bits per heavy atom. The second-order valence-electron chi connectivity index (χ2n) is 7.24. The van der Waals surface area contributed by atoms with Gasteiger partial charge in [0.2, 0.25) is 10.0 Å². The Hall–Kier alpha value is -2.27. The number of anilines is 1. The van der Waals surface area contributed by atoms with Crippen molar-refractivity contribution in [2.24, 2.45) is 0 Å². The molecule has 0 unspecified atom stereocenters. The summed E-state index contributed by atoms with van der Waals surface area (Å²) in [6.45, 7) is 0.696. The van der Waals surface area contributed by atoms with Crippen LogP contribution in [0.3, 0.4) is 0 Å². The van der Waals surface area contributed by atoms with E-state index in [0.29, 0.717) is 38.8 Å². The average molecular weight is 427 g/mol. The van der Waals surface area contributed by atoms with Crippen LogP contribution in [0.2, 0.25) is 0 Å². The fraction of sp³-hybridized carbons (Fsp3) is 0.500. The minimum absolute atomic E-state index is 0.0523. The van der Waals surface area contributed by atoms with Crippen LogP contribution in [-0.2, 0) is 16.2 Å². The van der Waals surface area contributed by atoms with Gasteiger partial charge in [0.25, 0.3) is 0 Å². The van der Waals surface area contributed by atoms with E-state index in [1.807, 2.05) is 0 Å². The normalized spacial score (nSPS) is 19.3. The molecule has 1 N–H and O–H groups in total. The van der Waals surface area contributed by atoms with Gasteiger partial charge in [0.1, 0.15) is 11.5 Å². The lowest BCUT2D eigenvalue weighted by Gasteiger charge is -2.32. The van der Waals surface area contributed by atoms with Crippen molar-refractivity contribution in [3.8, 4) is 11.5 Å². The van der Waals surface area contributed by atoms with Crippen LogP contribution in [-0.4, -0.2) is 52.1 Å².